The van der Waals surface area contributed by atoms with Crippen LogP contribution in [0.5, 0.6) is 0 Å². The van der Waals surface area contributed by atoms with Crippen molar-refractivity contribution in [2.24, 2.45) is 0 Å². The van der Waals surface area contributed by atoms with Gasteiger partial charge in [-0.2, -0.15) is 0 Å². The van der Waals surface area contributed by atoms with Crippen molar-refractivity contribution in [3.8, 4) is 11.1 Å². The van der Waals surface area contributed by atoms with Gasteiger partial charge in [0.05, 0.1) is 5.56 Å². The largest absolute Gasteiger partial charge is 0.478 e. The molecule has 4 aromatic rings. The Hall–Kier alpha value is -4.18. The van der Waals surface area contributed by atoms with Crippen molar-refractivity contribution in [3.05, 3.63) is 131 Å². The van der Waals surface area contributed by atoms with Gasteiger partial charge in [-0.1, -0.05) is 91.0 Å². The summed E-state index contributed by atoms with van der Waals surface area (Å²) in [7, 11) is 0. The fourth-order valence-electron chi connectivity index (χ4n) is 3.86. The van der Waals surface area contributed by atoms with Gasteiger partial charge in [0.1, 0.15) is 0 Å². The number of hydrogen-bond donors (Lipinski definition) is 1. The normalized spacial score (nSPS) is 10.5. The Labute approximate surface area is 193 Å². The average molecular weight is 436 g/mol. The van der Waals surface area contributed by atoms with Gasteiger partial charge in [0.2, 0.25) is 0 Å². The first-order valence-corrected chi connectivity index (χ1v) is 10.9. The quantitative estimate of drug-likeness (QED) is 0.373. The van der Waals surface area contributed by atoms with Crippen LogP contribution in [0, 0.1) is 0 Å². The molecule has 33 heavy (non-hydrogen) atoms. The minimum absolute atomic E-state index is 0.00756. The first-order valence-electron chi connectivity index (χ1n) is 10.9. The van der Waals surface area contributed by atoms with E-state index in [0.717, 1.165) is 17.5 Å². The van der Waals surface area contributed by atoms with Gasteiger partial charge in [0, 0.05) is 18.7 Å². The predicted octanol–water partition coefficient (Wildman–Crippen LogP) is 5.94. The number of carbonyl (C=O) groups excluding carboxylic acids is 1. The zero-order chi connectivity index (χ0) is 23.0. The SMILES string of the molecule is O=C(O)c1ccccc1-c1ccc(CN(CCc2ccccc2)C(=O)c2ccccc2)cc1. The van der Waals surface area contributed by atoms with Gasteiger partial charge in [-0.25, -0.2) is 4.79 Å². The van der Waals surface area contributed by atoms with Crippen LogP contribution in [0.15, 0.2) is 109 Å². The molecule has 4 aromatic carbocycles. The van der Waals surface area contributed by atoms with Crippen LogP contribution in [0.3, 0.4) is 0 Å². The van der Waals surface area contributed by atoms with E-state index in [1.54, 1.807) is 12.1 Å². The Morgan fingerprint density at radius 2 is 1.27 bits per heavy atom. The molecule has 0 aliphatic heterocycles. The van der Waals surface area contributed by atoms with Crippen LogP contribution in [0.1, 0.15) is 31.8 Å². The van der Waals surface area contributed by atoms with Gasteiger partial charge >= 0.3 is 5.97 Å². The minimum atomic E-state index is -0.949. The number of benzene rings is 4. The summed E-state index contributed by atoms with van der Waals surface area (Å²) < 4.78 is 0. The zero-order valence-corrected chi connectivity index (χ0v) is 18.2. The lowest BCUT2D eigenvalue weighted by Crippen LogP contribution is -2.32. The van der Waals surface area contributed by atoms with Crippen LogP contribution in [-0.4, -0.2) is 28.4 Å². The summed E-state index contributed by atoms with van der Waals surface area (Å²) in [4.78, 5) is 26.7. The molecule has 0 fully saturated rings. The number of rotatable bonds is 8. The fraction of sp³-hybridized carbons (Fsp3) is 0.103. The molecule has 0 unspecified atom stereocenters. The van der Waals surface area contributed by atoms with Crippen molar-refractivity contribution in [3.63, 3.8) is 0 Å². The molecule has 1 N–H and O–H groups in total. The number of carboxylic acid groups (broad SMARTS) is 1. The van der Waals surface area contributed by atoms with Crippen molar-refractivity contribution >= 4 is 11.9 Å². The monoisotopic (exact) mass is 435 g/mol. The molecule has 4 rings (SSSR count). The second-order valence-electron chi connectivity index (χ2n) is 7.88. The number of amides is 1. The summed E-state index contributed by atoms with van der Waals surface area (Å²) in [6, 6.07) is 34.2. The fourth-order valence-corrected chi connectivity index (χ4v) is 3.86. The molecular formula is C29H25NO3. The molecule has 0 spiro atoms. The Balaban J connectivity index is 1.55. The van der Waals surface area contributed by atoms with Gasteiger partial charge < -0.3 is 10.0 Å². The molecule has 0 aromatic heterocycles. The Morgan fingerprint density at radius 1 is 0.667 bits per heavy atom. The van der Waals surface area contributed by atoms with Gasteiger partial charge in [-0.3, -0.25) is 4.79 Å². The Kier molecular flexibility index (Phi) is 6.96. The van der Waals surface area contributed by atoms with E-state index >= 15 is 0 Å². The van der Waals surface area contributed by atoms with Crippen LogP contribution < -0.4 is 0 Å². The van der Waals surface area contributed by atoms with Crippen LogP contribution >= 0.6 is 0 Å². The van der Waals surface area contributed by atoms with Crippen molar-refractivity contribution < 1.29 is 14.7 Å². The Bertz CT molecular complexity index is 1220. The third-order valence-corrected chi connectivity index (χ3v) is 5.62. The van der Waals surface area contributed by atoms with Crippen LogP contribution in [0.2, 0.25) is 0 Å². The van der Waals surface area contributed by atoms with Crippen molar-refractivity contribution in [2.45, 2.75) is 13.0 Å². The first kappa shape index (κ1) is 22.0. The van der Waals surface area contributed by atoms with Crippen molar-refractivity contribution in [1.82, 2.24) is 4.90 Å². The molecule has 0 bridgehead atoms. The van der Waals surface area contributed by atoms with E-state index in [1.807, 2.05) is 89.8 Å². The highest BCUT2D eigenvalue weighted by atomic mass is 16.4. The molecule has 164 valence electrons. The lowest BCUT2D eigenvalue weighted by atomic mass is 9.98. The predicted molar refractivity (Wildman–Crippen MR) is 130 cm³/mol. The number of hydrogen-bond acceptors (Lipinski definition) is 2. The standard InChI is InChI=1S/C29H25NO3/c31-28(25-11-5-2-6-12-25)30(20-19-22-9-3-1-4-10-22)21-23-15-17-24(18-16-23)26-13-7-8-14-27(26)29(32)33/h1-18H,19-21H2,(H,32,33). The molecule has 0 radical (unpaired) electrons. The summed E-state index contributed by atoms with van der Waals surface area (Å²) >= 11 is 0. The minimum Gasteiger partial charge on any atom is -0.478 e. The van der Waals surface area contributed by atoms with Gasteiger partial charge in [-0.15, -0.1) is 0 Å². The molecule has 0 heterocycles. The highest BCUT2D eigenvalue weighted by Crippen LogP contribution is 2.24. The first-order chi connectivity index (χ1) is 16.1. The maximum Gasteiger partial charge on any atom is 0.336 e. The zero-order valence-electron chi connectivity index (χ0n) is 18.2. The number of aromatic carboxylic acids is 1. The van der Waals surface area contributed by atoms with E-state index in [9.17, 15) is 14.7 Å². The van der Waals surface area contributed by atoms with Crippen LogP contribution in [0.25, 0.3) is 11.1 Å². The average Bonchev–Trinajstić information content (AvgIpc) is 2.87. The maximum absolute atomic E-state index is 13.2. The van der Waals surface area contributed by atoms with Crippen LogP contribution in [-0.2, 0) is 13.0 Å². The molecule has 0 atom stereocenters. The second kappa shape index (κ2) is 10.4. The summed E-state index contributed by atoms with van der Waals surface area (Å²) in [5.74, 6) is -0.956. The second-order valence-corrected chi connectivity index (χ2v) is 7.88. The lowest BCUT2D eigenvalue weighted by molar-refractivity contribution is 0.0696. The summed E-state index contributed by atoms with van der Waals surface area (Å²) in [6.45, 7) is 1.07. The molecule has 0 saturated heterocycles. The summed E-state index contributed by atoms with van der Waals surface area (Å²) in [5.41, 5.74) is 4.62. The van der Waals surface area contributed by atoms with Gasteiger partial charge in [0.15, 0.2) is 0 Å². The smallest absolute Gasteiger partial charge is 0.336 e. The third-order valence-electron chi connectivity index (χ3n) is 5.62. The van der Waals surface area contributed by atoms with E-state index in [0.29, 0.717) is 24.2 Å². The number of carboxylic acids is 1. The van der Waals surface area contributed by atoms with E-state index in [-0.39, 0.29) is 11.5 Å². The third kappa shape index (κ3) is 5.55. The lowest BCUT2D eigenvalue weighted by Gasteiger charge is -2.23. The van der Waals surface area contributed by atoms with Crippen LogP contribution in [0.4, 0.5) is 0 Å². The van der Waals surface area contributed by atoms with Gasteiger partial charge in [-0.05, 0) is 46.9 Å². The van der Waals surface area contributed by atoms with Crippen molar-refractivity contribution in [2.75, 3.05) is 6.54 Å². The molecule has 4 heteroatoms. The highest BCUT2D eigenvalue weighted by molar-refractivity contribution is 5.96. The number of nitrogens with zero attached hydrogens (tertiary/aromatic N) is 1. The molecule has 0 aliphatic carbocycles. The Morgan fingerprint density at radius 3 is 1.94 bits per heavy atom. The topological polar surface area (TPSA) is 57.6 Å². The molecule has 0 saturated carbocycles. The molecular weight excluding hydrogens is 410 g/mol. The van der Waals surface area contributed by atoms with E-state index in [1.165, 1.54) is 5.56 Å². The van der Waals surface area contributed by atoms with E-state index in [2.05, 4.69) is 12.1 Å². The number of carbonyl (C=O) groups is 2. The van der Waals surface area contributed by atoms with Gasteiger partial charge in [0.25, 0.3) is 5.91 Å². The van der Waals surface area contributed by atoms with E-state index in [4.69, 9.17) is 0 Å². The highest BCUT2D eigenvalue weighted by Gasteiger charge is 2.17. The van der Waals surface area contributed by atoms with E-state index < -0.39 is 5.97 Å². The molecule has 4 nitrogen and oxygen atoms in total. The molecule has 0 aliphatic rings. The summed E-state index contributed by atoms with van der Waals surface area (Å²) in [5, 5.41) is 9.48. The van der Waals surface area contributed by atoms with Crippen molar-refractivity contribution in [1.29, 1.82) is 0 Å². The molecule has 1 amide bonds. The maximum atomic E-state index is 13.2. The summed E-state index contributed by atoms with van der Waals surface area (Å²) in [6.07, 6.45) is 0.767.